The molecule has 3 rings (SSSR count). The van der Waals surface area contributed by atoms with E-state index in [2.05, 4.69) is 4.98 Å². The summed E-state index contributed by atoms with van der Waals surface area (Å²) in [6, 6.07) is 1.73. The fraction of sp³-hybridized carbons (Fsp3) is 0.467. The number of piperidine rings is 1. The number of thiophene rings is 1. The molecule has 1 fully saturated rings. The van der Waals surface area contributed by atoms with Crippen LogP contribution in [-0.4, -0.2) is 44.5 Å². The molecule has 2 aromatic rings. The van der Waals surface area contributed by atoms with Crippen molar-refractivity contribution in [2.75, 3.05) is 13.1 Å². The van der Waals surface area contributed by atoms with E-state index >= 15 is 0 Å². The van der Waals surface area contributed by atoms with Crippen molar-refractivity contribution in [3.05, 3.63) is 28.1 Å². The number of carbonyl (C=O) groups excluding carboxylic acids is 1. The molecule has 1 aliphatic rings. The first-order valence-corrected chi connectivity index (χ1v) is 8.37. The van der Waals surface area contributed by atoms with Crippen LogP contribution in [0, 0.1) is 5.92 Å². The summed E-state index contributed by atoms with van der Waals surface area (Å²) < 4.78 is 1.44. The normalized spacial score (nSPS) is 18.3. The number of amides is 1. The van der Waals surface area contributed by atoms with Crippen LogP contribution in [-0.2, 0) is 16.1 Å². The highest BCUT2D eigenvalue weighted by molar-refractivity contribution is 7.16. The van der Waals surface area contributed by atoms with Gasteiger partial charge in [-0.2, -0.15) is 0 Å². The van der Waals surface area contributed by atoms with E-state index in [1.807, 2.05) is 5.38 Å². The van der Waals surface area contributed by atoms with E-state index in [-0.39, 0.29) is 31.0 Å². The van der Waals surface area contributed by atoms with E-state index in [1.165, 1.54) is 22.2 Å². The summed E-state index contributed by atoms with van der Waals surface area (Å²) >= 11 is 1.40. The Labute approximate surface area is 136 Å². The van der Waals surface area contributed by atoms with Crippen LogP contribution < -0.4 is 5.56 Å². The summed E-state index contributed by atoms with van der Waals surface area (Å²) in [5, 5.41) is 11.4. The fourth-order valence-electron chi connectivity index (χ4n) is 2.83. The van der Waals surface area contributed by atoms with E-state index in [0.717, 1.165) is 0 Å². The zero-order valence-corrected chi connectivity index (χ0v) is 13.3. The molecular weight excluding hydrogens is 318 g/mol. The van der Waals surface area contributed by atoms with Gasteiger partial charge >= 0.3 is 5.97 Å². The van der Waals surface area contributed by atoms with Gasteiger partial charge < -0.3 is 10.0 Å². The number of nitrogens with zero attached hydrogens (tertiary/aromatic N) is 3. The predicted octanol–water partition coefficient (Wildman–Crippen LogP) is 1.17. The number of aromatic nitrogens is 2. The second-order valence-corrected chi connectivity index (χ2v) is 6.54. The Kier molecular flexibility index (Phi) is 4.42. The second kappa shape index (κ2) is 6.49. The molecule has 1 saturated heterocycles. The summed E-state index contributed by atoms with van der Waals surface area (Å²) in [6.07, 6.45) is 2.94. The number of fused-ring (bicyclic) bond motifs is 1. The smallest absolute Gasteiger partial charge is 0.308 e. The lowest BCUT2D eigenvalue weighted by Gasteiger charge is -2.30. The molecule has 0 aromatic carbocycles. The second-order valence-electron chi connectivity index (χ2n) is 5.65. The van der Waals surface area contributed by atoms with Crippen LogP contribution in [0.2, 0.25) is 0 Å². The summed E-state index contributed by atoms with van der Waals surface area (Å²) in [4.78, 5) is 42.1. The molecule has 0 aliphatic carbocycles. The van der Waals surface area contributed by atoms with Crippen LogP contribution in [0.15, 0.2) is 22.6 Å². The van der Waals surface area contributed by atoms with Crippen molar-refractivity contribution in [3.63, 3.8) is 0 Å². The fourth-order valence-corrected chi connectivity index (χ4v) is 3.56. The molecule has 0 spiro atoms. The van der Waals surface area contributed by atoms with Gasteiger partial charge in [0.05, 0.1) is 17.6 Å². The maximum absolute atomic E-state index is 12.3. The number of carboxylic acids is 1. The maximum atomic E-state index is 12.3. The van der Waals surface area contributed by atoms with Crippen molar-refractivity contribution >= 4 is 33.4 Å². The minimum absolute atomic E-state index is 0.117. The largest absolute Gasteiger partial charge is 0.481 e. The minimum Gasteiger partial charge on any atom is -0.481 e. The van der Waals surface area contributed by atoms with Crippen LogP contribution in [0.25, 0.3) is 10.2 Å². The lowest BCUT2D eigenvalue weighted by Crippen LogP contribution is -2.42. The molecule has 0 bridgehead atoms. The molecule has 1 unspecified atom stereocenters. The number of carbonyl (C=O) groups is 2. The highest BCUT2D eigenvalue weighted by Gasteiger charge is 2.27. The zero-order valence-electron chi connectivity index (χ0n) is 12.5. The number of aryl methyl sites for hydroxylation is 1. The van der Waals surface area contributed by atoms with Gasteiger partial charge in [0.2, 0.25) is 5.91 Å². The maximum Gasteiger partial charge on any atom is 0.308 e. The van der Waals surface area contributed by atoms with Gasteiger partial charge in [-0.3, -0.25) is 19.0 Å². The quantitative estimate of drug-likeness (QED) is 0.905. The van der Waals surface area contributed by atoms with Crippen LogP contribution in [0.5, 0.6) is 0 Å². The van der Waals surface area contributed by atoms with E-state index < -0.39 is 11.9 Å². The topological polar surface area (TPSA) is 92.5 Å². The van der Waals surface area contributed by atoms with Gasteiger partial charge in [0, 0.05) is 26.1 Å². The number of likely N-dealkylation sites (tertiary alicyclic amines) is 1. The van der Waals surface area contributed by atoms with Gasteiger partial charge in [-0.25, -0.2) is 4.98 Å². The Bertz CT molecular complexity index is 797. The van der Waals surface area contributed by atoms with Crippen LogP contribution in [0.4, 0.5) is 0 Å². The Hall–Kier alpha value is -2.22. The van der Waals surface area contributed by atoms with Crippen LogP contribution >= 0.6 is 11.3 Å². The van der Waals surface area contributed by atoms with Crippen molar-refractivity contribution in [1.82, 2.24) is 14.5 Å². The van der Waals surface area contributed by atoms with Crippen molar-refractivity contribution in [2.45, 2.75) is 25.8 Å². The average molecular weight is 335 g/mol. The van der Waals surface area contributed by atoms with Gasteiger partial charge in [-0.1, -0.05) is 0 Å². The summed E-state index contributed by atoms with van der Waals surface area (Å²) in [5.74, 6) is -1.46. The molecule has 3 heterocycles. The van der Waals surface area contributed by atoms with E-state index in [1.54, 1.807) is 11.0 Å². The molecule has 0 radical (unpaired) electrons. The molecule has 1 N–H and O–H groups in total. The van der Waals surface area contributed by atoms with Crippen LogP contribution in [0.3, 0.4) is 0 Å². The third-order valence-corrected chi connectivity index (χ3v) is 4.96. The van der Waals surface area contributed by atoms with E-state index in [4.69, 9.17) is 5.11 Å². The number of carboxylic acid groups (broad SMARTS) is 1. The molecular formula is C15H17N3O4S. The molecule has 0 saturated carbocycles. The molecule has 1 aliphatic heterocycles. The molecule has 122 valence electrons. The number of hydrogen-bond acceptors (Lipinski definition) is 5. The first-order valence-electron chi connectivity index (χ1n) is 7.49. The number of hydrogen-bond donors (Lipinski definition) is 1. The SMILES string of the molecule is O=C(O)C1CCCN(C(=O)CCn2cnc3sccc3c2=O)C1. The Balaban J connectivity index is 1.65. The van der Waals surface area contributed by atoms with Gasteiger partial charge in [0.15, 0.2) is 0 Å². The molecule has 1 amide bonds. The Morgan fingerprint density at radius 3 is 3.04 bits per heavy atom. The summed E-state index contributed by atoms with van der Waals surface area (Å²) in [5.41, 5.74) is -0.147. The Morgan fingerprint density at radius 1 is 1.43 bits per heavy atom. The molecule has 8 heteroatoms. The van der Waals surface area contributed by atoms with E-state index in [9.17, 15) is 14.4 Å². The summed E-state index contributed by atoms with van der Waals surface area (Å²) in [7, 11) is 0. The minimum atomic E-state index is -0.856. The lowest BCUT2D eigenvalue weighted by atomic mass is 9.98. The van der Waals surface area contributed by atoms with Crippen LogP contribution in [0.1, 0.15) is 19.3 Å². The molecule has 2 aromatic heterocycles. The third kappa shape index (κ3) is 3.26. The van der Waals surface area contributed by atoms with Crippen molar-refractivity contribution in [3.8, 4) is 0 Å². The highest BCUT2D eigenvalue weighted by Crippen LogP contribution is 2.17. The van der Waals surface area contributed by atoms with Crippen molar-refractivity contribution < 1.29 is 14.7 Å². The first-order chi connectivity index (χ1) is 11.1. The Morgan fingerprint density at radius 2 is 2.26 bits per heavy atom. The van der Waals surface area contributed by atoms with Crippen molar-refractivity contribution in [1.29, 1.82) is 0 Å². The van der Waals surface area contributed by atoms with Gasteiger partial charge in [0.1, 0.15) is 4.83 Å². The van der Waals surface area contributed by atoms with Gasteiger partial charge in [-0.05, 0) is 24.3 Å². The van der Waals surface area contributed by atoms with E-state index in [0.29, 0.717) is 29.6 Å². The van der Waals surface area contributed by atoms with Gasteiger partial charge in [0.25, 0.3) is 5.56 Å². The molecule has 23 heavy (non-hydrogen) atoms. The first kappa shape index (κ1) is 15.7. The monoisotopic (exact) mass is 335 g/mol. The standard InChI is InChI=1S/C15H17N3O4S/c19-12(17-5-1-2-10(8-17)15(21)22)3-6-18-9-16-13-11(14(18)20)4-7-23-13/h4,7,9-10H,1-3,5-6,8H2,(H,21,22). The average Bonchev–Trinajstić information content (AvgIpc) is 3.03. The number of aliphatic carboxylic acids is 1. The molecule has 1 atom stereocenters. The zero-order chi connectivity index (χ0) is 16.4. The third-order valence-electron chi connectivity index (χ3n) is 4.14. The summed E-state index contributed by atoms with van der Waals surface area (Å²) in [6.45, 7) is 1.09. The number of rotatable bonds is 4. The molecule has 7 nitrogen and oxygen atoms in total. The van der Waals surface area contributed by atoms with Crippen molar-refractivity contribution in [2.24, 2.45) is 5.92 Å². The lowest BCUT2D eigenvalue weighted by molar-refractivity contribution is -0.145. The van der Waals surface area contributed by atoms with Gasteiger partial charge in [-0.15, -0.1) is 11.3 Å². The highest BCUT2D eigenvalue weighted by atomic mass is 32.1. The predicted molar refractivity (Wildman–Crippen MR) is 85.4 cm³/mol.